The number of nitrogens with zero attached hydrogens (tertiary/aromatic N) is 4. The Morgan fingerprint density at radius 1 is 0.486 bits per heavy atom. The molecule has 4 aliphatic rings. The minimum atomic E-state index is -4.46. The summed E-state index contributed by atoms with van der Waals surface area (Å²) in [5.41, 5.74) is 7.76. The summed E-state index contributed by atoms with van der Waals surface area (Å²) < 4.78 is 161. The first-order valence-electron chi connectivity index (χ1n) is 35.8. The quantitative estimate of drug-likeness (QED) is 0.0119. The molecule has 0 aliphatic carbocycles. The highest BCUT2D eigenvalue weighted by molar-refractivity contribution is 7.86. The van der Waals surface area contributed by atoms with Crippen molar-refractivity contribution in [1.29, 1.82) is 0 Å². The fourth-order valence-electron chi connectivity index (χ4n) is 14.4. The maximum atomic E-state index is 13.7. The molecule has 0 atom stereocenters. The Morgan fingerprint density at radius 3 is 1.49 bits per heavy atom. The van der Waals surface area contributed by atoms with Gasteiger partial charge in [-0.2, -0.15) is 42.8 Å². The van der Waals surface area contributed by atoms with Crippen LogP contribution in [0.15, 0.2) is 124 Å². The zero-order chi connectivity index (χ0) is 81.6. The fourth-order valence-corrected chi connectivity index (χ4v) is 16.1. The van der Waals surface area contributed by atoms with E-state index in [1.165, 1.54) is 30.3 Å². The molecule has 9 N–H and O–H groups in total. The second-order valence-corrected chi connectivity index (χ2v) is 35.3. The summed E-state index contributed by atoms with van der Waals surface area (Å²) in [6.07, 6.45) is 19.3. The van der Waals surface area contributed by atoms with Gasteiger partial charge in [-0.1, -0.05) is 79.0 Å². The largest absolute Gasteiger partial charge is 0.481 e. The number of carboxylic acids is 2. The summed E-state index contributed by atoms with van der Waals surface area (Å²) >= 11 is 0. The molecule has 0 bridgehead atoms. The number of allylic oxidation sites excluding steroid dienone is 8. The number of carbonyl (C=O) groups excluding carboxylic acids is 3. The highest BCUT2D eigenvalue weighted by Gasteiger charge is 2.49. The maximum Gasteiger partial charge on any atom is 0.425 e. The number of rotatable bonds is 34. The first-order chi connectivity index (χ1) is 50.7. The lowest BCUT2D eigenvalue weighted by molar-refractivity contribution is -0.438. The van der Waals surface area contributed by atoms with Gasteiger partial charge in [0.25, 0.3) is 58.2 Å². The standard InChI is InChI=1S/C39H52N4O10S2.C36H47N3O9S2.O3S/c1-7-9-20-43-31-24-26(36(46)40-8-2)23-28(37(47)41-19-22-54(48,49)50)35(31)39(5,6)33(43)15-13-14-32-38(3,4)29-25-27(55(51,52)53)17-18-30(29)42(32)21-12-10-11-16-34(44)45;1-6-7-21-39-29-14-11-13-26(34(42)37-20-23-49(43,44)45)33(29)36(4,5)31(39)16-12-15-30-35(2,3)27-24-25(50(46,47)48)18-19-28(27)38(30)22-10-8-9-17-32(40)41;1-4(2)3/h13-15,17-18,23-25H,7-12,16,19-22H2,1-6H3,(H4-,40,41,44,45,46,47,48,49,50,51,52,53);11-16,18-19,24H,6-10,17,20-23H2,1-5H3,(H3-,37,40,41,42,43,44,45,46,47,48);/p+2. The summed E-state index contributed by atoms with van der Waals surface area (Å²) in [5.74, 6) is -4.36. The van der Waals surface area contributed by atoms with Crippen LogP contribution in [0.5, 0.6) is 0 Å². The average Bonchev–Trinajstić information content (AvgIpc) is 1.56. The van der Waals surface area contributed by atoms with Crippen molar-refractivity contribution in [1.82, 2.24) is 16.0 Å². The molecule has 0 fully saturated rings. The van der Waals surface area contributed by atoms with Crippen LogP contribution in [0.2, 0.25) is 0 Å². The molecule has 0 saturated heterocycles. The van der Waals surface area contributed by atoms with E-state index in [2.05, 4.69) is 48.7 Å². The number of carboxylic acid groups (broad SMARTS) is 2. The van der Waals surface area contributed by atoms with Crippen LogP contribution in [-0.2, 0) is 82.3 Å². The zero-order valence-electron chi connectivity index (χ0n) is 63.2. The number of unbranched alkanes of at least 4 members (excludes halogenated alkanes) is 6. The number of hydrogen-bond acceptors (Lipinski definition) is 18. The molecule has 109 heavy (non-hydrogen) atoms. The number of nitrogens with one attached hydrogen (secondary N) is 3. The van der Waals surface area contributed by atoms with E-state index in [0.717, 1.165) is 76.7 Å². The molecule has 34 heteroatoms. The number of anilines is 2. The molecule has 0 radical (unpaired) electrons. The number of amides is 3. The highest BCUT2D eigenvalue weighted by Crippen LogP contribution is 2.52. The lowest BCUT2D eigenvalue weighted by atomic mass is 9.78. The van der Waals surface area contributed by atoms with E-state index in [0.29, 0.717) is 93.6 Å². The van der Waals surface area contributed by atoms with Gasteiger partial charge in [-0.15, -0.1) is 12.6 Å². The van der Waals surface area contributed by atoms with Crippen molar-refractivity contribution < 1.29 is 108 Å². The summed E-state index contributed by atoms with van der Waals surface area (Å²) in [4.78, 5) is 66.2. The Bertz CT molecular complexity index is 4960. The van der Waals surface area contributed by atoms with Crippen LogP contribution in [0.3, 0.4) is 0 Å². The van der Waals surface area contributed by atoms with E-state index >= 15 is 0 Å². The Labute approximate surface area is 640 Å². The summed E-state index contributed by atoms with van der Waals surface area (Å²) in [6, 6.07) is 17.9. The highest BCUT2D eigenvalue weighted by atomic mass is 32.2. The molecular formula is C75H101N7O22S5+2. The van der Waals surface area contributed by atoms with Crippen LogP contribution >= 0.6 is 0 Å². The molecule has 0 spiro atoms. The molecule has 8 rings (SSSR count). The first-order valence-corrected chi connectivity index (χ1v) is 42.9. The SMILES string of the molecule is CCCCN1C(=CC=CC2=[N+](CCCCCC(=O)O)c3ccc(S(=O)(=O)O)cc3C2(C)C)C(C)(C)c2c(C(=O)NCCS(=O)(=O)O)cc(C(=O)NCC)cc21.CCCC[N+]1=C(/C=C/C=C2/N(CCCCCC(=O)O)c3ccc(S(=O)(=O)O)cc3C2(C)C)C(C)(C)c2c(C(=O)NCCS(=O)(=O)O)cccc21.O=S(=O)=O. The molecule has 4 aliphatic heterocycles. The monoisotopic (exact) mass is 1610 g/mol. The first kappa shape index (κ1) is 89.3. The van der Waals surface area contributed by atoms with Gasteiger partial charge in [0.2, 0.25) is 11.4 Å². The molecule has 0 unspecified atom stereocenters. The van der Waals surface area contributed by atoms with Crippen LogP contribution in [-0.4, -0.2) is 182 Å². The van der Waals surface area contributed by atoms with E-state index in [1.54, 1.807) is 37.3 Å². The van der Waals surface area contributed by atoms with Crippen LogP contribution in [0.25, 0.3) is 0 Å². The van der Waals surface area contributed by atoms with Crippen molar-refractivity contribution in [3.63, 3.8) is 0 Å². The number of hydrogen-bond donors (Lipinski definition) is 9. The van der Waals surface area contributed by atoms with Gasteiger partial charge in [-0.3, -0.25) is 42.2 Å². The van der Waals surface area contributed by atoms with Gasteiger partial charge in [-0.05, 0) is 133 Å². The summed E-state index contributed by atoms with van der Waals surface area (Å²) in [5, 5.41) is 26.2. The van der Waals surface area contributed by atoms with E-state index in [1.807, 2.05) is 97.9 Å². The number of carbonyl (C=O) groups is 5. The summed E-state index contributed by atoms with van der Waals surface area (Å²) in [7, 11) is -20.6. The van der Waals surface area contributed by atoms with Gasteiger partial charge in [0.05, 0.1) is 43.3 Å². The third-order valence-electron chi connectivity index (χ3n) is 19.6. The summed E-state index contributed by atoms with van der Waals surface area (Å²) in [6.45, 7) is 24.1. The predicted octanol–water partition coefficient (Wildman–Crippen LogP) is 9.97. The Morgan fingerprint density at radius 2 is 0.963 bits per heavy atom. The lowest BCUT2D eigenvalue weighted by Crippen LogP contribution is -2.33. The fraction of sp³-hybridized carbons (Fsp3) is 0.480. The van der Waals surface area contributed by atoms with Gasteiger partial charge in [0.1, 0.15) is 13.1 Å². The van der Waals surface area contributed by atoms with Gasteiger partial charge in [-0.25, -0.2) is 0 Å². The molecule has 0 aromatic heterocycles. The number of aliphatic carboxylic acids is 2. The predicted molar refractivity (Wildman–Crippen MR) is 413 cm³/mol. The van der Waals surface area contributed by atoms with Crippen molar-refractivity contribution in [2.45, 2.75) is 185 Å². The molecule has 4 heterocycles. The third-order valence-corrected chi connectivity index (χ3v) is 22.7. The number of fused-ring (bicyclic) bond motifs is 4. The topological polar surface area (TPSA) is 443 Å². The second kappa shape index (κ2) is 36.9. The van der Waals surface area contributed by atoms with Crippen LogP contribution in [0.1, 0.15) is 207 Å². The van der Waals surface area contributed by atoms with E-state index in [4.69, 9.17) is 27.4 Å². The van der Waals surface area contributed by atoms with Crippen LogP contribution in [0.4, 0.5) is 22.7 Å². The zero-order valence-corrected chi connectivity index (χ0v) is 67.3. The van der Waals surface area contributed by atoms with Crippen molar-refractivity contribution in [3.05, 3.63) is 154 Å². The Balaban J connectivity index is 0.000000326. The lowest BCUT2D eigenvalue weighted by Gasteiger charge is -2.27. The van der Waals surface area contributed by atoms with Gasteiger partial charge < -0.3 is 36.0 Å². The van der Waals surface area contributed by atoms with E-state index in [9.17, 15) is 71.3 Å². The average molecular weight is 1610 g/mol. The van der Waals surface area contributed by atoms with Gasteiger partial charge >= 0.3 is 22.5 Å². The minimum Gasteiger partial charge on any atom is -0.481 e. The van der Waals surface area contributed by atoms with Crippen LogP contribution < -0.4 is 25.8 Å². The second-order valence-electron chi connectivity index (χ2n) is 28.9. The molecule has 4 aromatic rings. The van der Waals surface area contributed by atoms with E-state index < -0.39 is 108 Å². The Hall–Kier alpha value is -8.61. The van der Waals surface area contributed by atoms with Crippen molar-refractivity contribution >= 4 is 115 Å². The molecular weight excluding hydrogens is 1510 g/mol. The minimum absolute atomic E-state index is 0.0647. The maximum absolute atomic E-state index is 13.7. The van der Waals surface area contributed by atoms with Gasteiger partial charge in [0, 0.05) is 139 Å². The molecule has 4 aromatic carbocycles. The van der Waals surface area contributed by atoms with Crippen LogP contribution in [0, 0.1) is 0 Å². The normalized spacial score (nSPS) is 16.7. The van der Waals surface area contributed by atoms with Crippen molar-refractivity contribution in [2.75, 3.05) is 67.1 Å². The Kier molecular flexibility index (Phi) is 30.3. The molecule has 0 saturated carbocycles. The van der Waals surface area contributed by atoms with Gasteiger partial charge in [0.15, 0.2) is 11.4 Å². The third kappa shape index (κ3) is 22.6. The van der Waals surface area contributed by atoms with Crippen molar-refractivity contribution in [2.24, 2.45) is 0 Å². The number of benzene rings is 4. The smallest absolute Gasteiger partial charge is 0.425 e. The van der Waals surface area contributed by atoms with E-state index in [-0.39, 0.29) is 52.8 Å². The molecule has 596 valence electrons. The molecule has 29 nitrogen and oxygen atoms in total. The molecule has 3 amide bonds. The van der Waals surface area contributed by atoms with Crippen molar-refractivity contribution in [3.8, 4) is 0 Å².